The van der Waals surface area contributed by atoms with Crippen molar-refractivity contribution in [1.82, 2.24) is 41.7 Å². The van der Waals surface area contributed by atoms with Crippen LogP contribution in [0.15, 0.2) is 93.7 Å². The number of aromatic amines is 1. The van der Waals surface area contributed by atoms with Crippen LogP contribution in [0.1, 0.15) is 81.6 Å². The molecule has 1 aliphatic heterocycles. The van der Waals surface area contributed by atoms with Gasteiger partial charge in [-0.2, -0.15) is 4.68 Å². The molecule has 5 rings (SSSR count). The number of benzene rings is 2. The van der Waals surface area contributed by atoms with E-state index >= 15 is 4.39 Å². The van der Waals surface area contributed by atoms with Gasteiger partial charge in [-0.1, -0.05) is 57.0 Å². The highest BCUT2D eigenvalue weighted by molar-refractivity contribution is 7.99. The van der Waals surface area contributed by atoms with Gasteiger partial charge in [0, 0.05) is 60.8 Å². The summed E-state index contributed by atoms with van der Waals surface area (Å²) < 4.78 is 39.6. The smallest absolute Gasteiger partial charge is 0.364 e. The topological polar surface area (TPSA) is 341 Å². The van der Waals surface area contributed by atoms with Crippen LogP contribution < -0.4 is 31.3 Å². The second-order valence-electron chi connectivity index (χ2n) is 19.2. The third kappa shape index (κ3) is 22.0. The summed E-state index contributed by atoms with van der Waals surface area (Å²) in [5, 5.41) is 45.1. The minimum absolute atomic E-state index is 0.000734. The van der Waals surface area contributed by atoms with Gasteiger partial charge >= 0.3 is 5.16 Å². The molecule has 7 amide bonds. The number of carbonyl (C=O) groups is 7. The summed E-state index contributed by atoms with van der Waals surface area (Å²) in [5.74, 6) is -5.23. The van der Waals surface area contributed by atoms with Crippen molar-refractivity contribution in [1.29, 1.82) is 0 Å². The van der Waals surface area contributed by atoms with Crippen LogP contribution in [0.5, 0.6) is 0 Å². The number of aliphatic hydroxyl groups excluding tert-OH is 1. The Bertz CT molecular complexity index is 2770. The van der Waals surface area contributed by atoms with Gasteiger partial charge in [-0.15, -0.1) is 0 Å². The zero-order chi connectivity index (χ0) is 59.4. The summed E-state index contributed by atoms with van der Waals surface area (Å²) >= 11 is 0.947. The van der Waals surface area contributed by atoms with Crippen LogP contribution in [0.3, 0.4) is 0 Å². The average molecular weight is 1160 g/mol. The molecule has 1 aromatic heterocycles. The Morgan fingerprint density at radius 2 is 1.55 bits per heavy atom. The largest absolute Gasteiger partial charge is 0.393 e. The Kier molecular flexibility index (Phi) is 27.5. The number of amidine groups is 1. The molecule has 0 radical (unpaired) electrons. The Labute approximate surface area is 477 Å². The molecule has 444 valence electrons. The molecule has 28 heteroatoms. The van der Waals surface area contributed by atoms with Crippen LogP contribution in [-0.4, -0.2) is 162 Å². The number of anilines is 1. The van der Waals surface area contributed by atoms with E-state index in [9.17, 15) is 48.8 Å². The fraction of sp³-hybridized carbons (Fsp3) is 0.500. The molecule has 2 aliphatic rings. The zero-order valence-corrected chi connectivity index (χ0v) is 47.0. The summed E-state index contributed by atoms with van der Waals surface area (Å²) in [6.07, 6.45) is 8.23. The minimum Gasteiger partial charge on any atom is -0.393 e. The van der Waals surface area contributed by atoms with E-state index in [1.165, 1.54) is 42.0 Å². The number of aromatic nitrogens is 4. The number of nitrogens with zero attached hydrogens (tertiary/aromatic N) is 6. The van der Waals surface area contributed by atoms with E-state index in [0.29, 0.717) is 43.3 Å². The lowest BCUT2D eigenvalue weighted by Crippen LogP contribution is -2.53. The second kappa shape index (κ2) is 34.6. The highest BCUT2D eigenvalue weighted by Crippen LogP contribution is 2.32. The Morgan fingerprint density at radius 1 is 0.902 bits per heavy atom. The number of tetrazole rings is 1. The summed E-state index contributed by atoms with van der Waals surface area (Å²) in [4.78, 5) is 105. The first kappa shape index (κ1) is 65.2. The normalized spacial score (nSPS) is 14.6. The van der Waals surface area contributed by atoms with Crippen molar-refractivity contribution in [2.45, 2.75) is 101 Å². The number of aliphatic imine (C=N–C) groups is 1. The summed E-state index contributed by atoms with van der Waals surface area (Å²) in [6, 6.07) is 8.07. The number of amides is 7. The molecule has 0 saturated heterocycles. The first-order valence-electron chi connectivity index (χ1n) is 26.8. The lowest BCUT2D eigenvalue weighted by molar-refractivity contribution is -0.788. The van der Waals surface area contributed by atoms with E-state index in [4.69, 9.17) is 18.9 Å². The maximum atomic E-state index is 16.3. The molecule has 0 spiro atoms. The number of non-ortho nitro benzene ring substituents is 1. The lowest BCUT2D eigenvalue weighted by Gasteiger charge is -2.24. The SMILES string of the molecule is C=C(/C=C(/F)C(=NCc1ccc(NC(=O)[C@H](C)NC(=O)[C@@H](NC(=O)CCOCCOCCOCCOCCNC(=O)CCN2C(=O)C=CC2=O)C(C)C)cc1)NC(=O)c1cc([N+](=O)[O-])ccc1Sc1nn[nH][n+]1CCO)C1CCCCC1. The van der Waals surface area contributed by atoms with Crippen molar-refractivity contribution in [2.75, 3.05) is 77.9 Å². The van der Waals surface area contributed by atoms with Crippen LogP contribution in [0.25, 0.3) is 0 Å². The van der Waals surface area contributed by atoms with Crippen LogP contribution >= 0.6 is 11.8 Å². The maximum Gasteiger partial charge on any atom is 0.364 e. The van der Waals surface area contributed by atoms with Gasteiger partial charge < -0.3 is 50.6 Å². The number of halogens is 1. The van der Waals surface area contributed by atoms with Gasteiger partial charge in [-0.3, -0.25) is 53.6 Å². The summed E-state index contributed by atoms with van der Waals surface area (Å²) in [7, 11) is 0. The van der Waals surface area contributed by atoms with Crippen LogP contribution in [0, 0.1) is 22.0 Å². The van der Waals surface area contributed by atoms with Crippen LogP contribution in [0.2, 0.25) is 0 Å². The number of H-pyrrole nitrogens is 1. The molecular weight excluding hydrogens is 1090 g/mol. The van der Waals surface area contributed by atoms with Crippen LogP contribution in [0.4, 0.5) is 15.8 Å². The fourth-order valence-electron chi connectivity index (χ4n) is 8.11. The number of nitro groups is 1. The first-order chi connectivity index (χ1) is 39.4. The van der Waals surface area contributed by atoms with Gasteiger partial charge in [0.15, 0.2) is 16.9 Å². The predicted molar refractivity (Wildman–Crippen MR) is 295 cm³/mol. The van der Waals surface area contributed by atoms with Gasteiger partial charge in [-0.25, -0.2) is 4.39 Å². The number of nitro benzene ring substituents is 1. The van der Waals surface area contributed by atoms with Crippen molar-refractivity contribution in [3.63, 3.8) is 0 Å². The number of imide groups is 1. The minimum atomic E-state index is -1.02. The van der Waals surface area contributed by atoms with E-state index in [1.54, 1.807) is 38.1 Å². The fourth-order valence-corrected chi connectivity index (χ4v) is 9.03. The van der Waals surface area contributed by atoms with Gasteiger partial charge in [-0.05, 0) is 78.8 Å². The second-order valence-corrected chi connectivity index (χ2v) is 20.2. The lowest BCUT2D eigenvalue weighted by atomic mass is 9.84. The quantitative estimate of drug-likeness (QED) is 0.00651. The molecule has 7 N–H and O–H groups in total. The van der Waals surface area contributed by atoms with E-state index in [2.05, 4.69) is 53.7 Å². The highest BCUT2D eigenvalue weighted by atomic mass is 32.2. The molecular formula is C54H72FN12O14S+. The average Bonchev–Trinajstić information content (AvgIpc) is 4.13. The third-order valence-corrected chi connectivity index (χ3v) is 13.7. The number of hydrogen-bond acceptors (Lipinski definition) is 18. The number of ether oxygens (including phenoxy) is 4. The molecule has 82 heavy (non-hydrogen) atoms. The number of aliphatic hydroxyl groups is 1. The maximum absolute atomic E-state index is 16.3. The van der Waals surface area contributed by atoms with Gasteiger partial charge in [0.25, 0.3) is 23.4 Å². The number of hydrogen-bond donors (Lipinski definition) is 7. The Morgan fingerprint density at radius 3 is 2.18 bits per heavy atom. The van der Waals surface area contributed by atoms with Crippen molar-refractivity contribution in [2.24, 2.45) is 16.8 Å². The Hall–Kier alpha value is -7.63. The Balaban J connectivity index is 1.03. The van der Waals surface area contributed by atoms with Gasteiger partial charge in [0.1, 0.15) is 23.7 Å². The molecule has 0 unspecified atom stereocenters. The first-order valence-corrected chi connectivity index (χ1v) is 27.7. The molecule has 2 heterocycles. The zero-order valence-electron chi connectivity index (χ0n) is 46.2. The number of rotatable bonds is 35. The summed E-state index contributed by atoms with van der Waals surface area (Å²) in [5.41, 5.74) is 0.886. The molecule has 2 aromatic carbocycles. The molecule has 0 bridgehead atoms. The molecule has 3 aromatic rings. The van der Waals surface area contributed by atoms with Crippen molar-refractivity contribution in [3.05, 3.63) is 99.9 Å². The van der Waals surface area contributed by atoms with Crippen LogP contribution in [-0.2, 0) is 60.8 Å². The van der Waals surface area contributed by atoms with Crippen molar-refractivity contribution >= 4 is 70.3 Å². The van der Waals surface area contributed by atoms with E-state index in [1.807, 2.05) is 0 Å². The monoisotopic (exact) mass is 1160 g/mol. The van der Waals surface area contributed by atoms with Gasteiger partial charge in [0.2, 0.25) is 23.6 Å². The third-order valence-electron chi connectivity index (χ3n) is 12.7. The van der Waals surface area contributed by atoms with E-state index in [0.717, 1.165) is 54.8 Å². The van der Waals surface area contributed by atoms with Crippen molar-refractivity contribution in [3.8, 4) is 0 Å². The molecule has 1 aliphatic carbocycles. The van der Waals surface area contributed by atoms with Gasteiger partial charge in [0.05, 0.1) is 76.5 Å². The predicted octanol–water partition coefficient (Wildman–Crippen LogP) is 2.93. The van der Waals surface area contributed by atoms with Crippen molar-refractivity contribution < 1.29 is 71.6 Å². The molecule has 1 fully saturated rings. The number of carbonyl (C=O) groups excluding carboxylic acids is 7. The van der Waals surface area contributed by atoms with E-state index in [-0.39, 0.29) is 105 Å². The molecule has 2 atom stereocenters. The van der Waals surface area contributed by atoms with E-state index < -0.39 is 69.8 Å². The standard InChI is InChI=1S/C54H71FN12O14S/c1-35(2)49(60-46(70)19-24-78-26-28-80-30-31-81-29-27-79-25-20-56-45(69)18-21-65-47(71)16-17-48(65)72)53(75)58-37(4)51(73)59-40-12-10-38(11-13-40)34-57-50(43(55)32-36(3)39-8-6-5-7-9-39)61-52(74)42-33-41(67(76)77)14-15-44(42)82-54-62-63-64-66(54)22-23-68/h10-17,32-33,35,37,39,49,68H,3,5-9,18-31,34H2,1-2,4H3,(H5,56,57,58,59,60,61,69,70,73,74,75)/p+1/b43-32+/t37-,49-/m0/s1. The highest BCUT2D eigenvalue weighted by Gasteiger charge is 2.29. The molecule has 26 nitrogen and oxygen atoms in total. The molecule has 1 saturated carbocycles. The number of allylic oxidation sites excluding steroid dienone is 2. The number of nitrogens with one attached hydrogen (secondary N) is 6. The summed E-state index contributed by atoms with van der Waals surface area (Å²) in [6.45, 7) is 11.1.